The molecule has 0 saturated heterocycles. The molecule has 0 radical (unpaired) electrons. The molecule has 122 valence electrons. The Kier molecular flexibility index (Phi) is 4.91. The van der Waals surface area contributed by atoms with Gasteiger partial charge in [-0.15, -0.1) is 0 Å². The maximum absolute atomic E-state index is 12.5. The average Bonchev–Trinajstić information content (AvgIpc) is 3.05. The van der Waals surface area contributed by atoms with E-state index in [9.17, 15) is 4.79 Å². The van der Waals surface area contributed by atoms with Gasteiger partial charge in [0.05, 0.1) is 18.3 Å². The predicted octanol–water partition coefficient (Wildman–Crippen LogP) is 3.25. The zero-order valence-electron chi connectivity index (χ0n) is 13.3. The Labute approximate surface area is 145 Å². The summed E-state index contributed by atoms with van der Waals surface area (Å²) in [6.07, 6.45) is 6.77. The van der Waals surface area contributed by atoms with E-state index in [4.69, 9.17) is 11.6 Å². The number of halogens is 1. The molecule has 5 nitrogen and oxygen atoms in total. The molecule has 24 heavy (non-hydrogen) atoms. The Hall–Kier alpha value is -2.66. The van der Waals surface area contributed by atoms with Crippen molar-refractivity contribution in [3.63, 3.8) is 0 Å². The van der Waals surface area contributed by atoms with Gasteiger partial charge in [0.25, 0.3) is 5.91 Å². The highest BCUT2D eigenvalue weighted by atomic mass is 35.5. The summed E-state index contributed by atoms with van der Waals surface area (Å²) in [4.78, 5) is 18.1. The van der Waals surface area contributed by atoms with Gasteiger partial charge in [-0.3, -0.25) is 14.5 Å². The van der Waals surface area contributed by atoms with Crippen molar-refractivity contribution in [3.05, 3.63) is 82.9 Å². The molecule has 0 atom stereocenters. The zero-order valence-corrected chi connectivity index (χ0v) is 14.0. The number of aromatic nitrogens is 3. The zero-order chi connectivity index (χ0) is 16.9. The van der Waals surface area contributed by atoms with Crippen LogP contribution in [0.25, 0.3) is 0 Å². The lowest BCUT2D eigenvalue weighted by molar-refractivity contribution is 0.0785. The fraction of sp³-hybridized carbons (Fsp3) is 0.167. The highest BCUT2D eigenvalue weighted by Crippen LogP contribution is 2.16. The first-order valence-electron chi connectivity index (χ1n) is 7.54. The van der Waals surface area contributed by atoms with Crippen LogP contribution in [0.15, 0.2) is 61.2 Å². The van der Waals surface area contributed by atoms with E-state index in [0.29, 0.717) is 23.7 Å². The fourth-order valence-electron chi connectivity index (χ4n) is 2.42. The molecule has 0 unspecified atom stereocenters. The largest absolute Gasteiger partial charge is 0.337 e. The second kappa shape index (κ2) is 7.27. The molecule has 0 spiro atoms. The highest BCUT2D eigenvalue weighted by Gasteiger charge is 2.14. The van der Waals surface area contributed by atoms with Crippen LogP contribution in [-0.2, 0) is 13.1 Å². The Balaban J connectivity index is 1.68. The van der Waals surface area contributed by atoms with Gasteiger partial charge in [0, 0.05) is 37.2 Å². The van der Waals surface area contributed by atoms with Crippen molar-refractivity contribution in [2.24, 2.45) is 0 Å². The first-order chi connectivity index (χ1) is 11.6. The summed E-state index contributed by atoms with van der Waals surface area (Å²) >= 11 is 6.16. The van der Waals surface area contributed by atoms with E-state index in [1.807, 2.05) is 36.4 Å². The number of amides is 1. The molecular weight excluding hydrogens is 324 g/mol. The van der Waals surface area contributed by atoms with Gasteiger partial charge >= 0.3 is 0 Å². The van der Waals surface area contributed by atoms with E-state index < -0.39 is 0 Å². The summed E-state index contributed by atoms with van der Waals surface area (Å²) in [5.41, 5.74) is 2.55. The molecule has 0 saturated carbocycles. The van der Waals surface area contributed by atoms with Crippen LogP contribution in [0.1, 0.15) is 21.5 Å². The van der Waals surface area contributed by atoms with Gasteiger partial charge in [-0.2, -0.15) is 5.10 Å². The molecular formula is C18H17ClN4O. The number of benzene rings is 1. The molecule has 6 heteroatoms. The molecule has 1 aromatic carbocycles. The fourth-order valence-corrected chi connectivity index (χ4v) is 2.61. The van der Waals surface area contributed by atoms with Crippen molar-refractivity contribution in [2.45, 2.75) is 13.1 Å². The molecule has 0 fully saturated rings. The minimum atomic E-state index is -0.0720. The number of pyridine rings is 1. The topological polar surface area (TPSA) is 51.0 Å². The van der Waals surface area contributed by atoms with Crippen LogP contribution < -0.4 is 0 Å². The number of hydrogen-bond acceptors (Lipinski definition) is 3. The average molecular weight is 341 g/mol. The first kappa shape index (κ1) is 16.2. The van der Waals surface area contributed by atoms with Crippen molar-refractivity contribution in [2.75, 3.05) is 7.05 Å². The molecule has 0 bridgehead atoms. The van der Waals surface area contributed by atoms with Gasteiger partial charge in [0.2, 0.25) is 0 Å². The first-order valence-corrected chi connectivity index (χ1v) is 7.91. The molecule has 0 aliphatic carbocycles. The maximum atomic E-state index is 12.5. The van der Waals surface area contributed by atoms with E-state index in [1.54, 1.807) is 41.4 Å². The van der Waals surface area contributed by atoms with Crippen molar-refractivity contribution < 1.29 is 4.79 Å². The predicted molar refractivity (Wildman–Crippen MR) is 92.8 cm³/mol. The lowest BCUT2D eigenvalue weighted by Crippen LogP contribution is -2.25. The number of carbonyl (C=O) groups is 1. The summed E-state index contributed by atoms with van der Waals surface area (Å²) in [5, 5.41) is 4.95. The second-order valence-electron chi connectivity index (χ2n) is 5.53. The van der Waals surface area contributed by atoms with Crippen LogP contribution in [0.4, 0.5) is 0 Å². The Morgan fingerprint density at radius 1 is 1.21 bits per heavy atom. The van der Waals surface area contributed by atoms with Gasteiger partial charge in [-0.25, -0.2) is 0 Å². The number of carbonyl (C=O) groups excluding carboxylic acids is 1. The van der Waals surface area contributed by atoms with Crippen LogP contribution in [-0.4, -0.2) is 32.6 Å². The van der Waals surface area contributed by atoms with Crippen LogP contribution >= 0.6 is 11.6 Å². The van der Waals surface area contributed by atoms with Crippen LogP contribution in [0, 0.1) is 0 Å². The third-order valence-corrected chi connectivity index (χ3v) is 4.05. The lowest BCUT2D eigenvalue weighted by atomic mass is 10.2. The lowest BCUT2D eigenvalue weighted by Gasteiger charge is -2.16. The molecule has 2 aromatic heterocycles. The normalized spacial score (nSPS) is 10.6. The third kappa shape index (κ3) is 3.81. The minimum absolute atomic E-state index is 0.0720. The van der Waals surface area contributed by atoms with Crippen molar-refractivity contribution in [3.8, 4) is 0 Å². The maximum Gasteiger partial charge on any atom is 0.257 e. The number of nitrogens with zero attached hydrogens (tertiary/aromatic N) is 4. The monoisotopic (exact) mass is 340 g/mol. The summed E-state index contributed by atoms with van der Waals surface area (Å²) in [5.74, 6) is -0.0720. The van der Waals surface area contributed by atoms with Gasteiger partial charge in [0.15, 0.2) is 0 Å². The smallest absolute Gasteiger partial charge is 0.257 e. The number of hydrogen-bond donors (Lipinski definition) is 0. The molecule has 1 amide bonds. The summed E-state index contributed by atoms with van der Waals surface area (Å²) in [6.45, 7) is 1.05. The van der Waals surface area contributed by atoms with Gasteiger partial charge < -0.3 is 4.90 Å². The molecule has 3 aromatic rings. The number of rotatable bonds is 5. The summed E-state index contributed by atoms with van der Waals surface area (Å²) < 4.78 is 1.72. The van der Waals surface area contributed by atoms with E-state index in [2.05, 4.69) is 10.1 Å². The van der Waals surface area contributed by atoms with Crippen LogP contribution in [0.2, 0.25) is 5.02 Å². The molecule has 0 aliphatic rings. The second-order valence-corrected chi connectivity index (χ2v) is 5.94. The standard InChI is InChI=1S/C18H17ClN4O/c1-22(11-14-6-8-20-9-7-14)18(24)16-10-21-23(13-16)12-15-4-2-3-5-17(15)19/h2-10,13H,11-12H2,1H3. The van der Waals surface area contributed by atoms with Gasteiger partial charge in [-0.1, -0.05) is 29.8 Å². The SMILES string of the molecule is CN(Cc1ccncc1)C(=O)c1cnn(Cc2ccccc2Cl)c1. The van der Waals surface area contributed by atoms with Gasteiger partial charge in [0.1, 0.15) is 0 Å². The molecule has 0 N–H and O–H groups in total. The Morgan fingerprint density at radius 3 is 2.71 bits per heavy atom. The van der Waals surface area contributed by atoms with E-state index >= 15 is 0 Å². The Morgan fingerprint density at radius 2 is 1.96 bits per heavy atom. The van der Waals surface area contributed by atoms with Crippen molar-refractivity contribution >= 4 is 17.5 Å². The van der Waals surface area contributed by atoms with E-state index in [-0.39, 0.29) is 5.91 Å². The van der Waals surface area contributed by atoms with Crippen LogP contribution in [0.5, 0.6) is 0 Å². The Bertz CT molecular complexity index is 832. The highest BCUT2D eigenvalue weighted by molar-refractivity contribution is 6.31. The third-order valence-electron chi connectivity index (χ3n) is 3.69. The van der Waals surface area contributed by atoms with Crippen molar-refractivity contribution in [1.29, 1.82) is 0 Å². The molecule has 0 aliphatic heterocycles. The molecule has 2 heterocycles. The quantitative estimate of drug-likeness (QED) is 0.716. The van der Waals surface area contributed by atoms with E-state index in [0.717, 1.165) is 11.1 Å². The van der Waals surface area contributed by atoms with Crippen LogP contribution in [0.3, 0.4) is 0 Å². The molecule has 3 rings (SSSR count). The van der Waals surface area contributed by atoms with Gasteiger partial charge in [-0.05, 0) is 29.3 Å². The minimum Gasteiger partial charge on any atom is -0.337 e. The summed E-state index contributed by atoms with van der Waals surface area (Å²) in [6, 6.07) is 11.4. The van der Waals surface area contributed by atoms with Crippen molar-refractivity contribution in [1.82, 2.24) is 19.7 Å². The summed E-state index contributed by atoms with van der Waals surface area (Å²) in [7, 11) is 1.77. The van der Waals surface area contributed by atoms with E-state index in [1.165, 1.54) is 0 Å².